The van der Waals surface area contributed by atoms with Crippen LogP contribution in [-0.2, 0) is 13.2 Å². The predicted molar refractivity (Wildman–Crippen MR) is 105 cm³/mol. The normalized spacial score (nSPS) is 11.8. The Morgan fingerprint density at radius 3 is 2.83 bits per heavy atom. The molecule has 0 saturated carbocycles. The molecule has 10 heteroatoms. The number of nitrogens with zero attached hydrogens (tertiary/aromatic N) is 3. The van der Waals surface area contributed by atoms with Gasteiger partial charge < -0.3 is 14.5 Å². The number of aryl methyl sites for hydroxylation is 1. The van der Waals surface area contributed by atoms with Crippen molar-refractivity contribution in [3.8, 4) is 5.75 Å². The van der Waals surface area contributed by atoms with Gasteiger partial charge in [0.25, 0.3) is 11.6 Å². The van der Waals surface area contributed by atoms with Gasteiger partial charge in [-0.15, -0.1) is 0 Å². The molecule has 9 nitrogen and oxygen atoms in total. The van der Waals surface area contributed by atoms with Crippen molar-refractivity contribution in [3.63, 3.8) is 0 Å². The van der Waals surface area contributed by atoms with Crippen LogP contribution in [-0.4, -0.2) is 20.6 Å². The summed E-state index contributed by atoms with van der Waals surface area (Å²) in [6, 6.07) is 8.65. The fourth-order valence-electron chi connectivity index (χ4n) is 2.57. The van der Waals surface area contributed by atoms with Gasteiger partial charge >= 0.3 is 0 Å². The minimum Gasteiger partial charge on any atom is -0.484 e. The van der Waals surface area contributed by atoms with E-state index in [4.69, 9.17) is 20.8 Å². The van der Waals surface area contributed by atoms with Gasteiger partial charge in [-0.2, -0.15) is 5.10 Å². The van der Waals surface area contributed by atoms with Gasteiger partial charge in [-0.25, -0.2) is 0 Å². The molecule has 2 aromatic heterocycles. The molecule has 0 radical (unpaired) electrons. The van der Waals surface area contributed by atoms with Gasteiger partial charge in [0.2, 0.25) is 0 Å². The standard InChI is InChI=1S/C19H19ClN4O5/c1-3-23-9-8-16(22-23)12(2)21-19(25)18-7-5-14(29-18)11-28-17-6-4-13(24(26)27)10-15(17)20/h4-10,12H,3,11H2,1-2H3,(H,21,25). The van der Waals surface area contributed by atoms with Gasteiger partial charge in [0.15, 0.2) is 5.76 Å². The first-order chi connectivity index (χ1) is 13.9. The van der Waals surface area contributed by atoms with E-state index >= 15 is 0 Å². The Balaban J connectivity index is 1.58. The molecule has 0 bridgehead atoms. The molecule has 1 atom stereocenters. The number of carbonyl (C=O) groups is 1. The Morgan fingerprint density at radius 1 is 1.38 bits per heavy atom. The lowest BCUT2D eigenvalue weighted by molar-refractivity contribution is -0.384. The van der Waals surface area contributed by atoms with E-state index in [1.807, 2.05) is 26.1 Å². The Labute approximate surface area is 171 Å². The van der Waals surface area contributed by atoms with Crippen molar-refractivity contribution in [1.82, 2.24) is 15.1 Å². The smallest absolute Gasteiger partial charge is 0.287 e. The average Bonchev–Trinajstić information content (AvgIpc) is 3.36. The van der Waals surface area contributed by atoms with E-state index in [9.17, 15) is 14.9 Å². The molecule has 1 unspecified atom stereocenters. The minimum absolute atomic E-state index is 0.0151. The highest BCUT2D eigenvalue weighted by Gasteiger charge is 2.17. The zero-order valence-corrected chi connectivity index (χ0v) is 16.5. The number of rotatable bonds is 8. The van der Waals surface area contributed by atoms with Crippen molar-refractivity contribution in [3.05, 3.63) is 74.9 Å². The van der Waals surface area contributed by atoms with E-state index in [-0.39, 0.29) is 40.8 Å². The number of amides is 1. The monoisotopic (exact) mass is 418 g/mol. The summed E-state index contributed by atoms with van der Waals surface area (Å²) in [4.78, 5) is 22.6. The molecule has 0 aliphatic heterocycles. The van der Waals surface area contributed by atoms with E-state index in [1.54, 1.807) is 16.8 Å². The van der Waals surface area contributed by atoms with Gasteiger partial charge in [0.05, 0.1) is 21.7 Å². The van der Waals surface area contributed by atoms with Gasteiger partial charge in [-0.1, -0.05) is 11.6 Å². The predicted octanol–water partition coefficient (Wildman–Crippen LogP) is 4.13. The Kier molecular flexibility index (Phi) is 6.18. The molecule has 1 amide bonds. The number of nitro benzene ring substituents is 1. The first kappa shape index (κ1) is 20.4. The molecule has 0 spiro atoms. The fraction of sp³-hybridized carbons (Fsp3) is 0.263. The summed E-state index contributed by atoms with van der Waals surface area (Å²) in [5.41, 5.74) is 0.625. The molecule has 152 valence electrons. The van der Waals surface area contributed by atoms with Crippen LogP contribution in [0.15, 0.2) is 47.0 Å². The molecule has 0 aliphatic rings. The second kappa shape index (κ2) is 8.78. The lowest BCUT2D eigenvalue weighted by Gasteiger charge is -2.10. The first-order valence-corrected chi connectivity index (χ1v) is 9.24. The molecular weight excluding hydrogens is 400 g/mol. The topological polar surface area (TPSA) is 112 Å². The molecule has 0 saturated heterocycles. The number of furan rings is 1. The minimum atomic E-state index is -0.541. The van der Waals surface area contributed by atoms with Crippen LogP contribution < -0.4 is 10.1 Å². The Bertz CT molecular complexity index is 1030. The Hall–Kier alpha value is -3.33. The molecule has 0 aliphatic carbocycles. The molecule has 2 heterocycles. The molecule has 1 N–H and O–H groups in total. The number of hydrogen-bond acceptors (Lipinski definition) is 6. The third-order valence-electron chi connectivity index (χ3n) is 4.16. The van der Waals surface area contributed by atoms with Crippen LogP contribution in [0.25, 0.3) is 0 Å². The van der Waals surface area contributed by atoms with Crippen molar-refractivity contribution >= 4 is 23.2 Å². The van der Waals surface area contributed by atoms with E-state index in [2.05, 4.69) is 10.4 Å². The van der Waals surface area contributed by atoms with Gasteiger partial charge in [0, 0.05) is 24.9 Å². The van der Waals surface area contributed by atoms with Crippen molar-refractivity contribution in [2.45, 2.75) is 33.0 Å². The second-order valence-corrected chi connectivity index (χ2v) is 6.63. The van der Waals surface area contributed by atoms with Crippen LogP contribution >= 0.6 is 11.6 Å². The zero-order valence-electron chi connectivity index (χ0n) is 15.8. The quantitative estimate of drug-likeness (QED) is 0.434. The third kappa shape index (κ3) is 4.94. The van der Waals surface area contributed by atoms with Crippen molar-refractivity contribution < 1.29 is 18.9 Å². The molecule has 3 aromatic rings. The number of non-ortho nitro benzene ring substituents is 1. The highest BCUT2D eigenvalue weighted by atomic mass is 35.5. The van der Waals surface area contributed by atoms with Crippen molar-refractivity contribution in [2.24, 2.45) is 0 Å². The zero-order chi connectivity index (χ0) is 21.0. The number of carbonyl (C=O) groups excluding carboxylic acids is 1. The summed E-state index contributed by atoms with van der Waals surface area (Å²) in [7, 11) is 0. The Morgan fingerprint density at radius 2 is 2.17 bits per heavy atom. The largest absolute Gasteiger partial charge is 0.484 e. The van der Waals surface area contributed by atoms with Crippen LogP contribution in [0.3, 0.4) is 0 Å². The van der Waals surface area contributed by atoms with E-state index < -0.39 is 4.92 Å². The maximum absolute atomic E-state index is 12.4. The van der Waals surface area contributed by atoms with Gasteiger partial charge in [-0.3, -0.25) is 19.6 Å². The van der Waals surface area contributed by atoms with Crippen LogP contribution in [0.2, 0.25) is 5.02 Å². The molecule has 3 rings (SSSR count). The maximum Gasteiger partial charge on any atom is 0.287 e. The summed E-state index contributed by atoms with van der Waals surface area (Å²) in [5, 5.41) is 18.1. The van der Waals surface area contributed by atoms with Crippen molar-refractivity contribution in [2.75, 3.05) is 0 Å². The van der Waals surface area contributed by atoms with Gasteiger partial charge in [0.1, 0.15) is 18.1 Å². The number of benzene rings is 1. The van der Waals surface area contributed by atoms with Gasteiger partial charge in [-0.05, 0) is 38.1 Å². The summed E-state index contributed by atoms with van der Waals surface area (Å²) in [6.45, 7) is 4.59. The summed E-state index contributed by atoms with van der Waals surface area (Å²) >= 11 is 5.99. The fourth-order valence-corrected chi connectivity index (χ4v) is 2.80. The summed E-state index contributed by atoms with van der Waals surface area (Å²) in [6.07, 6.45) is 1.85. The van der Waals surface area contributed by atoms with E-state index in [0.717, 1.165) is 12.2 Å². The van der Waals surface area contributed by atoms with Crippen LogP contribution in [0.5, 0.6) is 5.75 Å². The maximum atomic E-state index is 12.4. The number of hydrogen-bond donors (Lipinski definition) is 1. The number of ether oxygens (including phenoxy) is 1. The third-order valence-corrected chi connectivity index (χ3v) is 4.45. The average molecular weight is 419 g/mol. The van der Waals surface area contributed by atoms with E-state index in [0.29, 0.717) is 5.76 Å². The highest BCUT2D eigenvalue weighted by molar-refractivity contribution is 6.32. The van der Waals surface area contributed by atoms with E-state index in [1.165, 1.54) is 18.2 Å². The first-order valence-electron chi connectivity index (χ1n) is 8.87. The number of halogens is 1. The lowest BCUT2D eigenvalue weighted by atomic mass is 10.2. The molecule has 29 heavy (non-hydrogen) atoms. The van der Waals surface area contributed by atoms with Crippen LogP contribution in [0.4, 0.5) is 5.69 Å². The SMILES string of the molecule is CCn1ccc(C(C)NC(=O)c2ccc(COc3ccc([N+](=O)[O-])cc3Cl)o2)n1. The lowest BCUT2D eigenvalue weighted by Crippen LogP contribution is -2.26. The number of aromatic nitrogens is 2. The second-order valence-electron chi connectivity index (χ2n) is 6.22. The number of nitrogens with one attached hydrogen (secondary N) is 1. The summed E-state index contributed by atoms with van der Waals surface area (Å²) in [5.74, 6) is 0.454. The van der Waals surface area contributed by atoms with Crippen molar-refractivity contribution in [1.29, 1.82) is 0 Å². The molecular formula is C19H19ClN4O5. The number of nitro groups is 1. The summed E-state index contributed by atoms with van der Waals surface area (Å²) < 4.78 is 12.8. The molecule has 0 fully saturated rings. The van der Waals surface area contributed by atoms with Crippen LogP contribution in [0.1, 0.15) is 41.9 Å². The highest BCUT2D eigenvalue weighted by Crippen LogP contribution is 2.29. The molecule has 1 aromatic carbocycles. The van der Waals surface area contributed by atoms with Crippen LogP contribution in [0, 0.1) is 10.1 Å².